The van der Waals surface area contributed by atoms with Crippen molar-refractivity contribution < 1.29 is 9.13 Å². The van der Waals surface area contributed by atoms with Gasteiger partial charge in [-0.15, -0.1) is 0 Å². The van der Waals surface area contributed by atoms with Crippen LogP contribution in [0.25, 0.3) is 0 Å². The molecule has 110 valence electrons. The highest BCUT2D eigenvalue weighted by molar-refractivity contribution is 5.54. The van der Waals surface area contributed by atoms with Gasteiger partial charge in [0.1, 0.15) is 11.6 Å². The summed E-state index contributed by atoms with van der Waals surface area (Å²) >= 11 is 0. The molecule has 2 aliphatic rings. The van der Waals surface area contributed by atoms with Gasteiger partial charge in [0.25, 0.3) is 0 Å². The Morgan fingerprint density at radius 2 is 2.15 bits per heavy atom. The van der Waals surface area contributed by atoms with Crippen LogP contribution in [0.1, 0.15) is 26.7 Å². The molecule has 0 spiro atoms. The number of halogens is 1. The summed E-state index contributed by atoms with van der Waals surface area (Å²) in [5.74, 6) is 1.27. The lowest BCUT2D eigenvalue weighted by atomic mass is 9.91. The van der Waals surface area contributed by atoms with E-state index in [-0.39, 0.29) is 17.4 Å². The first-order valence-electron chi connectivity index (χ1n) is 7.39. The van der Waals surface area contributed by atoms with Crippen LogP contribution >= 0.6 is 0 Å². The van der Waals surface area contributed by atoms with E-state index in [9.17, 15) is 4.39 Å². The lowest BCUT2D eigenvalue weighted by Gasteiger charge is -2.47. The molecule has 0 aromatic heterocycles. The summed E-state index contributed by atoms with van der Waals surface area (Å²) in [7, 11) is 1.62. The SMILES string of the molecule is COc1ccc(F)c(N2CC(C)(C3CC3)NCC2C)c1. The maximum Gasteiger partial charge on any atom is 0.146 e. The molecule has 2 fully saturated rings. The summed E-state index contributed by atoms with van der Waals surface area (Å²) in [5.41, 5.74) is 0.757. The van der Waals surface area contributed by atoms with Crippen LogP contribution in [0, 0.1) is 11.7 Å². The molecule has 2 unspecified atom stereocenters. The predicted molar refractivity (Wildman–Crippen MR) is 78.9 cm³/mol. The van der Waals surface area contributed by atoms with Crippen molar-refractivity contribution in [3.8, 4) is 5.75 Å². The first-order chi connectivity index (χ1) is 9.53. The maximum atomic E-state index is 14.2. The minimum Gasteiger partial charge on any atom is -0.497 e. The van der Waals surface area contributed by atoms with E-state index in [1.165, 1.54) is 18.9 Å². The van der Waals surface area contributed by atoms with Gasteiger partial charge < -0.3 is 15.0 Å². The molecule has 3 rings (SSSR count). The molecule has 4 heteroatoms. The average molecular weight is 278 g/mol. The summed E-state index contributed by atoms with van der Waals surface area (Å²) in [4.78, 5) is 2.19. The van der Waals surface area contributed by atoms with Gasteiger partial charge in [0.05, 0.1) is 12.8 Å². The number of hydrogen-bond donors (Lipinski definition) is 1. The van der Waals surface area contributed by atoms with E-state index < -0.39 is 0 Å². The fourth-order valence-corrected chi connectivity index (χ4v) is 3.21. The number of benzene rings is 1. The Kier molecular flexibility index (Phi) is 3.36. The zero-order valence-corrected chi connectivity index (χ0v) is 12.4. The quantitative estimate of drug-likeness (QED) is 0.920. The lowest BCUT2D eigenvalue weighted by molar-refractivity contribution is 0.259. The number of hydrogen-bond acceptors (Lipinski definition) is 3. The highest BCUT2D eigenvalue weighted by atomic mass is 19.1. The molecule has 1 saturated carbocycles. The highest BCUT2D eigenvalue weighted by Gasteiger charge is 2.45. The van der Waals surface area contributed by atoms with E-state index in [1.54, 1.807) is 13.2 Å². The van der Waals surface area contributed by atoms with Crippen molar-refractivity contribution in [2.45, 2.75) is 38.3 Å². The van der Waals surface area contributed by atoms with Crippen LogP contribution in [0.3, 0.4) is 0 Å². The van der Waals surface area contributed by atoms with Gasteiger partial charge in [-0.3, -0.25) is 0 Å². The third-order valence-electron chi connectivity index (χ3n) is 4.77. The standard InChI is InChI=1S/C16H23FN2O/c1-11-9-18-16(2,12-4-5-12)10-19(11)15-8-13(20-3)6-7-14(15)17/h6-8,11-12,18H,4-5,9-10H2,1-3H3. The van der Waals surface area contributed by atoms with Crippen molar-refractivity contribution in [1.29, 1.82) is 0 Å². The third-order valence-corrected chi connectivity index (χ3v) is 4.77. The van der Waals surface area contributed by atoms with Crippen LogP contribution in [-0.2, 0) is 0 Å². The van der Waals surface area contributed by atoms with Gasteiger partial charge in [-0.05, 0) is 44.7 Å². The Labute approximate surface area is 120 Å². The Bertz CT molecular complexity index is 503. The summed E-state index contributed by atoms with van der Waals surface area (Å²) in [6, 6.07) is 5.26. The van der Waals surface area contributed by atoms with Gasteiger partial charge in [0.2, 0.25) is 0 Å². The Balaban J connectivity index is 1.90. The molecule has 0 bridgehead atoms. The predicted octanol–water partition coefficient (Wildman–Crippen LogP) is 2.80. The van der Waals surface area contributed by atoms with Crippen LogP contribution in [0.15, 0.2) is 18.2 Å². The first-order valence-corrected chi connectivity index (χ1v) is 7.39. The largest absolute Gasteiger partial charge is 0.497 e. The molecule has 1 aliphatic heterocycles. The Morgan fingerprint density at radius 3 is 2.80 bits per heavy atom. The van der Waals surface area contributed by atoms with Crippen molar-refractivity contribution in [1.82, 2.24) is 5.32 Å². The number of rotatable bonds is 3. The molecular formula is C16H23FN2O. The van der Waals surface area contributed by atoms with E-state index >= 15 is 0 Å². The first kappa shape index (κ1) is 13.7. The van der Waals surface area contributed by atoms with E-state index in [4.69, 9.17) is 4.74 Å². The zero-order valence-electron chi connectivity index (χ0n) is 12.4. The molecule has 2 atom stereocenters. The second-order valence-electron chi connectivity index (χ2n) is 6.37. The van der Waals surface area contributed by atoms with Gasteiger partial charge in [-0.2, -0.15) is 0 Å². The minimum absolute atomic E-state index is 0.0992. The van der Waals surface area contributed by atoms with Crippen LogP contribution < -0.4 is 15.0 Å². The van der Waals surface area contributed by atoms with Crippen LogP contribution in [0.4, 0.5) is 10.1 Å². The van der Waals surface area contributed by atoms with Gasteiger partial charge in [-0.25, -0.2) is 4.39 Å². The second kappa shape index (κ2) is 4.92. The summed E-state index contributed by atoms with van der Waals surface area (Å²) in [6.07, 6.45) is 2.57. The van der Waals surface area contributed by atoms with E-state index in [2.05, 4.69) is 24.1 Å². The topological polar surface area (TPSA) is 24.5 Å². The number of ether oxygens (including phenoxy) is 1. The number of nitrogens with zero attached hydrogens (tertiary/aromatic N) is 1. The zero-order chi connectivity index (χ0) is 14.3. The normalized spacial score (nSPS) is 30.4. The fourth-order valence-electron chi connectivity index (χ4n) is 3.21. The highest BCUT2D eigenvalue weighted by Crippen LogP contribution is 2.42. The summed E-state index contributed by atoms with van der Waals surface area (Å²) in [6.45, 7) is 6.15. The summed E-state index contributed by atoms with van der Waals surface area (Å²) in [5, 5.41) is 3.66. The van der Waals surface area contributed by atoms with Crippen molar-refractivity contribution in [2.24, 2.45) is 5.92 Å². The number of anilines is 1. The number of methoxy groups -OCH3 is 1. The van der Waals surface area contributed by atoms with Crippen LogP contribution in [-0.4, -0.2) is 31.8 Å². The monoisotopic (exact) mass is 278 g/mol. The van der Waals surface area contributed by atoms with Crippen molar-refractivity contribution >= 4 is 5.69 Å². The van der Waals surface area contributed by atoms with Crippen molar-refractivity contribution in [2.75, 3.05) is 25.1 Å². The average Bonchev–Trinajstić information content (AvgIpc) is 3.27. The number of nitrogens with one attached hydrogen (secondary N) is 1. The molecule has 1 saturated heterocycles. The molecular weight excluding hydrogens is 255 g/mol. The lowest BCUT2D eigenvalue weighted by Crippen LogP contribution is -2.63. The third kappa shape index (κ3) is 2.37. The second-order valence-corrected chi connectivity index (χ2v) is 6.37. The molecule has 20 heavy (non-hydrogen) atoms. The maximum absolute atomic E-state index is 14.2. The van der Waals surface area contributed by atoms with Crippen LogP contribution in [0.5, 0.6) is 5.75 Å². The van der Waals surface area contributed by atoms with E-state index in [1.807, 2.05) is 6.07 Å². The molecule has 1 aliphatic carbocycles. The Morgan fingerprint density at radius 1 is 1.40 bits per heavy atom. The molecule has 0 radical (unpaired) electrons. The summed E-state index contributed by atoms with van der Waals surface area (Å²) < 4.78 is 19.5. The van der Waals surface area contributed by atoms with Crippen molar-refractivity contribution in [3.05, 3.63) is 24.0 Å². The van der Waals surface area contributed by atoms with E-state index in [0.717, 1.165) is 19.0 Å². The van der Waals surface area contributed by atoms with Gasteiger partial charge in [0, 0.05) is 30.7 Å². The fraction of sp³-hybridized carbons (Fsp3) is 0.625. The van der Waals surface area contributed by atoms with Gasteiger partial charge >= 0.3 is 0 Å². The molecule has 0 amide bonds. The molecule has 3 nitrogen and oxygen atoms in total. The molecule has 1 aromatic rings. The van der Waals surface area contributed by atoms with E-state index in [0.29, 0.717) is 11.4 Å². The molecule has 1 N–H and O–H groups in total. The van der Waals surface area contributed by atoms with Crippen molar-refractivity contribution in [3.63, 3.8) is 0 Å². The molecule has 1 aromatic carbocycles. The minimum atomic E-state index is -0.169. The van der Waals surface area contributed by atoms with Gasteiger partial charge in [-0.1, -0.05) is 0 Å². The van der Waals surface area contributed by atoms with Crippen LogP contribution in [0.2, 0.25) is 0 Å². The Hall–Kier alpha value is -1.29. The number of piperazine rings is 1. The molecule has 1 heterocycles. The smallest absolute Gasteiger partial charge is 0.146 e. The van der Waals surface area contributed by atoms with Gasteiger partial charge in [0.15, 0.2) is 0 Å².